The largest absolute Gasteiger partial charge is 0.466 e. The molecule has 0 aliphatic carbocycles. The van der Waals surface area contributed by atoms with Crippen LogP contribution in [-0.2, 0) is 19.1 Å². The number of carbonyl (C=O) groups is 3. The van der Waals surface area contributed by atoms with Gasteiger partial charge in [0.1, 0.15) is 0 Å². The first-order valence-electron chi connectivity index (χ1n) is 9.85. The van der Waals surface area contributed by atoms with Gasteiger partial charge in [0.25, 0.3) is 5.91 Å². The summed E-state index contributed by atoms with van der Waals surface area (Å²) in [7, 11) is 0. The van der Waals surface area contributed by atoms with Crippen LogP contribution in [0.5, 0.6) is 0 Å². The molecule has 2 aliphatic heterocycles. The highest BCUT2D eigenvalue weighted by atomic mass is 16.5. The first-order valence-corrected chi connectivity index (χ1v) is 9.85. The Morgan fingerprint density at radius 1 is 1.14 bits per heavy atom. The Morgan fingerprint density at radius 2 is 1.93 bits per heavy atom. The molecule has 2 aromatic rings. The lowest BCUT2D eigenvalue weighted by atomic mass is 9.96. The minimum Gasteiger partial charge on any atom is -0.466 e. The highest BCUT2D eigenvalue weighted by Gasteiger charge is 2.44. The highest BCUT2D eigenvalue weighted by Crippen LogP contribution is 2.33. The molecule has 0 N–H and O–H groups in total. The second-order valence-electron chi connectivity index (χ2n) is 7.37. The van der Waals surface area contributed by atoms with Gasteiger partial charge in [0.15, 0.2) is 0 Å². The fourth-order valence-electron chi connectivity index (χ4n) is 4.30. The number of anilines is 1. The zero-order valence-electron chi connectivity index (χ0n) is 16.0. The molecule has 2 atom stereocenters. The predicted molar refractivity (Wildman–Crippen MR) is 106 cm³/mol. The maximum atomic E-state index is 13.2. The summed E-state index contributed by atoms with van der Waals surface area (Å²) in [4.78, 5) is 41.4. The number of fused-ring (bicyclic) bond motifs is 1. The van der Waals surface area contributed by atoms with Crippen LogP contribution in [0.1, 0.15) is 26.2 Å². The van der Waals surface area contributed by atoms with E-state index in [-0.39, 0.29) is 30.1 Å². The molecule has 0 bridgehead atoms. The SMILES string of the molecule is CCOC(=O)[C@H]1CCCN([C@H]2CC(=O)N(c3cccc4ccccc34)C2=O)C1. The predicted octanol–water partition coefficient (Wildman–Crippen LogP) is 2.75. The first kappa shape index (κ1) is 18.6. The van der Waals surface area contributed by atoms with Crippen molar-refractivity contribution in [2.24, 2.45) is 5.92 Å². The van der Waals surface area contributed by atoms with E-state index in [0.29, 0.717) is 25.4 Å². The zero-order chi connectivity index (χ0) is 19.7. The van der Waals surface area contributed by atoms with Crippen molar-refractivity contribution >= 4 is 34.2 Å². The molecular weight excluding hydrogens is 356 g/mol. The van der Waals surface area contributed by atoms with E-state index in [1.807, 2.05) is 47.4 Å². The first-order chi connectivity index (χ1) is 13.6. The number of amides is 2. The van der Waals surface area contributed by atoms with E-state index >= 15 is 0 Å². The third-order valence-corrected chi connectivity index (χ3v) is 5.64. The molecule has 6 nitrogen and oxygen atoms in total. The van der Waals surface area contributed by atoms with E-state index in [9.17, 15) is 14.4 Å². The van der Waals surface area contributed by atoms with Gasteiger partial charge in [0.2, 0.25) is 5.91 Å². The second kappa shape index (κ2) is 7.72. The van der Waals surface area contributed by atoms with Gasteiger partial charge in [-0.15, -0.1) is 0 Å². The Balaban J connectivity index is 1.58. The molecule has 2 aromatic carbocycles. The summed E-state index contributed by atoms with van der Waals surface area (Å²) in [5.74, 6) is -0.839. The molecule has 0 radical (unpaired) electrons. The average Bonchev–Trinajstić information content (AvgIpc) is 3.02. The van der Waals surface area contributed by atoms with Gasteiger partial charge in [-0.1, -0.05) is 36.4 Å². The number of esters is 1. The lowest BCUT2D eigenvalue weighted by Crippen LogP contribution is -2.48. The molecule has 0 aromatic heterocycles. The summed E-state index contributed by atoms with van der Waals surface area (Å²) >= 11 is 0. The van der Waals surface area contributed by atoms with Crippen LogP contribution in [0.3, 0.4) is 0 Å². The molecule has 0 saturated carbocycles. The van der Waals surface area contributed by atoms with Crippen molar-refractivity contribution in [3.05, 3.63) is 42.5 Å². The van der Waals surface area contributed by atoms with E-state index in [4.69, 9.17) is 4.74 Å². The van der Waals surface area contributed by atoms with Gasteiger partial charge < -0.3 is 4.74 Å². The number of ether oxygens (including phenoxy) is 1. The number of hydrogen-bond donors (Lipinski definition) is 0. The van der Waals surface area contributed by atoms with Gasteiger partial charge >= 0.3 is 5.97 Å². The molecule has 0 spiro atoms. The van der Waals surface area contributed by atoms with Crippen molar-refractivity contribution in [3.63, 3.8) is 0 Å². The number of likely N-dealkylation sites (tertiary alicyclic amines) is 1. The Hall–Kier alpha value is -2.73. The topological polar surface area (TPSA) is 66.9 Å². The Bertz CT molecular complexity index is 920. The van der Waals surface area contributed by atoms with E-state index in [2.05, 4.69) is 0 Å². The van der Waals surface area contributed by atoms with E-state index < -0.39 is 6.04 Å². The number of imide groups is 1. The van der Waals surface area contributed by atoms with Crippen LogP contribution in [0.2, 0.25) is 0 Å². The zero-order valence-corrected chi connectivity index (χ0v) is 16.0. The van der Waals surface area contributed by atoms with Crippen LogP contribution in [0, 0.1) is 5.92 Å². The van der Waals surface area contributed by atoms with Gasteiger partial charge in [-0.25, -0.2) is 4.90 Å². The van der Waals surface area contributed by atoms with E-state index in [0.717, 1.165) is 23.6 Å². The molecule has 6 heteroatoms. The number of benzene rings is 2. The third kappa shape index (κ3) is 3.29. The van der Waals surface area contributed by atoms with E-state index in [1.54, 1.807) is 6.92 Å². The maximum Gasteiger partial charge on any atom is 0.310 e. The summed E-state index contributed by atoms with van der Waals surface area (Å²) in [6.45, 7) is 3.32. The van der Waals surface area contributed by atoms with Crippen LogP contribution in [0.4, 0.5) is 5.69 Å². The summed E-state index contributed by atoms with van der Waals surface area (Å²) in [5.41, 5.74) is 0.634. The molecular formula is C22H24N2O4. The summed E-state index contributed by atoms with van der Waals surface area (Å²) in [6, 6.07) is 12.9. The highest BCUT2D eigenvalue weighted by molar-refractivity contribution is 6.25. The standard InChI is InChI=1S/C22H24N2O4/c1-2-28-22(27)16-9-6-12-23(14-16)19-13-20(25)24(21(19)26)18-11-5-8-15-7-3-4-10-17(15)18/h3-5,7-8,10-11,16,19H,2,6,9,12-14H2,1H3/t16-,19-/m0/s1. The van der Waals surface area contributed by atoms with E-state index in [1.165, 1.54) is 4.90 Å². The minimum atomic E-state index is -0.510. The normalized spacial score (nSPS) is 23.4. The third-order valence-electron chi connectivity index (χ3n) is 5.64. The van der Waals surface area contributed by atoms with Gasteiger partial charge in [-0.2, -0.15) is 0 Å². The summed E-state index contributed by atoms with van der Waals surface area (Å²) in [6.07, 6.45) is 1.73. The van der Waals surface area contributed by atoms with Gasteiger partial charge in [0.05, 0.1) is 30.7 Å². The molecule has 28 heavy (non-hydrogen) atoms. The molecule has 2 saturated heterocycles. The van der Waals surface area contributed by atoms with Gasteiger partial charge in [0, 0.05) is 11.9 Å². The number of nitrogens with zero attached hydrogens (tertiary/aromatic N) is 2. The van der Waals surface area contributed by atoms with Crippen LogP contribution in [-0.4, -0.2) is 48.4 Å². The molecule has 2 fully saturated rings. The number of piperidine rings is 1. The van der Waals surface area contributed by atoms with Crippen LogP contribution < -0.4 is 4.90 Å². The quantitative estimate of drug-likeness (QED) is 0.603. The smallest absolute Gasteiger partial charge is 0.310 e. The average molecular weight is 380 g/mol. The van der Waals surface area contributed by atoms with Crippen LogP contribution >= 0.6 is 0 Å². The van der Waals surface area contributed by atoms with Crippen molar-refractivity contribution in [2.75, 3.05) is 24.6 Å². The Kier molecular flexibility index (Phi) is 5.13. The Labute approximate surface area is 164 Å². The van der Waals surface area contributed by atoms with Crippen LogP contribution in [0.15, 0.2) is 42.5 Å². The van der Waals surface area contributed by atoms with Crippen molar-refractivity contribution < 1.29 is 19.1 Å². The maximum absolute atomic E-state index is 13.2. The number of carbonyl (C=O) groups excluding carboxylic acids is 3. The number of hydrogen-bond acceptors (Lipinski definition) is 5. The molecule has 2 amide bonds. The fraction of sp³-hybridized carbons (Fsp3) is 0.409. The lowest BCUT2D eigenvalue weighted by Gasteiger charge is -2.34. The summed E-state index contributed by atoms with van der Waals surface area (Å²) in [5, 5.41) is 1.87. The number of rotatable bonds is 4. The van der Waals surface area contributed by atoms with Gasteiger partial charge in [-0.05, 0) is 37.8 Å². The lowest BCUT2D eigenvalue weighted by molar-refractivity contribution is -0.150. The van der Waals surface area contributed by atoms with Crippen molar-refractivity contribution in [1.82, 2.24) is 4.90 Å². The monoisotopic (exact) mass is 380 g/mol. The van der Waals surface area contributed by atoms with Gasteiger partial charge in [-0.3, -0.25) is 19.3 Å². The fourth-order valence-corrected chi connectivity index (χ4v) is 4.30. The van der Waals surface area contributed by atoms with Crippen molar-refractivity contribution in [3.8, 4) is 0 Å². The van der Waals surface area contributed by atoms with Crippen molar-refractivity contribution in [2.45, 2.75) is 32.2 Å². The molecule has 146 valence electrons. The van der Waals surface area contributed by atoms with Crippen molar-refractivity contribution in [1.29, 1.82) is 0 Å². The van der Waals surface area contributed by atoms with Crippen LogP contribution in [0.25, 0.3) is 10.8 Å². The minimum absolute atomic E-state index is 0.150. The Morgan fingerprint density at radius 3 is 2.75 bits per heavy atom. The molecule has 4 rings (SSSR count). The molecule has 2 heterocycles. The second-order valence-corrected chi connectivity index (χ2v) is 7.37. The molecule has 2 aliphatic rings. The summed E-state index contributed by atoms with van der Waals surface area (Å²) < 4.78 is 5.15. The molecule has 0 unspecified atom stereocenters.